The summed E-state index contributed by atoms with van der Waals surface area (Å²) in [4.78, 5) is 23.2. The number of carboxylic acid groups (broad SMARTS) is 1. The average molecular weight is 229 g/mol. The summed E-state index contributed by atoms with van der Waals surface area (Å²) in [5.74, 6) is -2.12. The highest BCUT2D eigenvalue weighted by Crippen LogP contribution is 2.16. The number of nitrogens with one attached hydrogen (secondary N) is 1. The van der Waals surface area contributed by atoms with Crippen LogP contribution in [0.2, 0.25) is 0 Å². The number of aliphatic carboxylic acids is 1. The average Bonchev–Trinajstić information content (AvgIpc) is 2.19. The summed E-state index contributed by atoms with van der Waals surface area (Å²) in [5.41, 5.74) is -0.457. The Morgan fingerprint density at radius 3 is 2.88 bits per heavy atom. The predicted octanol–water partition coefficient (Wildman–Crippen LogP) is 1.02. The van der Waals surface area contributed by atoms with Crippen LogP contribution < -0.4 is 5.32 Å². The minimum atomic E-state index is -1.03. The molecule has 0 bridgehead atoms. The van der Waals surface area contributed by atoms with Crippen LogP contribution in [0.5, 0.6) is 0 Å². The number of hydrogen-bond donors (Lipinski definition) is 2. The van der Waals surface area contributed by atoms with E-state index in [9.17, 15) is 19.3 Å². The van der Waals surface area contributed by atoms with E-state index in [0.29, 0.717) is 0 Å². The molecule has 1 heterocycles. The molecule has 0 saturated heterocycles. The Hall–Kier alpha value is -2.25. The van der Waals surface area contributed by atoms with Crippen LogP contribution in [0.3, 0.4) is 0 Å². The first kappa shape index (κ1) is 11.8. The van der Waals surface area contributed by atoms with E-state index in [-0.39, 0.29) is 18.8 Å². The van der Waals surface area contributed by atoms with Crippen molar-refractivity contribution in [3.8, 4) is 0 Å². The molecule has 0 saturated carbocycles. The number of carbonyl (C=O) groups is 1. The number of aromatic nitrogens is 1. The van der Waals surface area contributed by atoms with Crippen LogP contribution in [0.25, 0.3) is 0 Å². The first-order valence-electron chi connectivity index (χ1n) is 4.26. The van der Waals surface area contributed by atoms with Crippen LogP contribution in [0, 0.1) is 15.9 Å². The van der Waals surface area contributed by atoms with E-state index in [2.05, 4.69) is 10.3 Å². The Bertz CT molecular complexity index is 424. The zero-order valence-electron chi connectivity index (χ0n) is 8.01. The molecule has 0 atom stereocenters. The maximum atomic E-state index is 13.2. The van der Waals surface area contributed by atoms with Gasteiger partial charge in [-0.3, -0.25) is 14.9 Å². The molecule has 0 amide bonds. The molecule has 0 aliphatic heterocycles. The van der Waals surface area contributed by atoms with E-state index >= 15 is 0 Å². The van der Waals surface area contributed by atoms with Crippen molar-refractivity contribution in [1.82, 2.24) is 4.98 Å². The molecular weight excluding hydrogens is 221 g/mol. The summed E-state index contributed by atoms with van der Waals surface area (Å²) in [6.07, 6.45) is 0.699. The van der Waals surface area contributed by atoms with Gasteiger partial charge in [-0.1, -0.05) is 0 Å². The van der Waals surface area contributed by atoms with E-state index in [1.165, 1.54) is 0 Å². The Balaban J connectivity index is 2.68. The van der Waals surface area contributed by atoms with Crippen molar-refractivity contribution in [1.29, 1.82) is 0 Å². The lowest BCUT2D eigenvalue weighted by Crippen LogP contribution is -2.10. The van der Waals surface area contributed by atoms with Crippen LogP contribution in [-0.2, 0) is 4.79 Å². The summed E-state index contributed by atoms with van der Waals surface area (Å²) >= 11 is 0. The maximum Gasteiger partial charge on any atom is 0.305 e. The zero-order chi connectivity index (χ0) is 12.1. The topological polar surface area (TPSA) is 105 Å². The molecule has 0 spiro atoms. The Morgan fingerprint density at radius 1 is 1.69 bits per heavy atom. The molecule has 1 aromatic rings. The minimum Gasteiger partial charge on any atom is -0.481 e. The first-order chi connectivity index (χ1) is 7.50. The second-order valence-electron chi connectivity index (χ2n) is 2.85. The number of anilines is 1. The summed E-state index contributed by atoms with van der Waals surface area (Å²) in [5, 5.41) is 21.0. The fourth-order valence-corrected chi connectivity index (χ4v) is 0.946. The van der Waals surface area contributed by atoms with Crippen LogP contribution in [-0.4, -0.2) is 27.5 Å². The van der Waals surface area contributed by atoms with Crippen molar-refractivity contribution >= 4 is 17.5 Å². The van der Waals surface area contributed by atoms with Gasteiger partial charge in [0.25, 0.3) is 5.69 Å². The third-order valence-electron chi connectivity index (χ3n) is 1.67. The van der Waals surface area contributed by atoms with Crippen molar-refractivity contribution in [2.75, 3.05) is 11.9 Å². The molecule has 2 N–H and O–H groups in total. The fourth-order valence-electron chi connectivity index (χ4n) is 0.946. The van der Waals surface area contributed by atoms with Gasteiger partial charge in [0.2, 0.25) is 0 Å². The molecule has 1 rings (SSSR count). The van der Waals surface area contributed by atoms with Crippen molar-refractivity contribution in [2.24, 2.45) is 0 Å². The molecule has 0 aliphatic rings. The van der Waals surface area contributed by atoms with E-state index in [4.69, 9.17) is 5.11 Å². The Morgan fingerprint density at radius 2 is 2.38 bits per heavy atom. The molecule has 16 heavy (non-hydrogen) atoms. The number of nitrogens with zero attached hydrogens (tertiary/aromatic N) is 2. The standard InChI is InChI=1S/C8H8FN3O4/c9-6-3-5(12(15)16)4-11-8(6)10-2-1-7(13)14/h3-4H,1-2H2,(H,10,11)(H,13,14). The molecule has 8 heteroatoms. The fraction of sp³-hybridized carbons (Fsp3) is 0.250. The van der Waals surface area contributed by atoms with E-state index in [1.807, 2.05) is 0 Å². The molecule has 0 aromatic carbocycles. The highest BCUT2D eigenvalue weighted by molar-refractivity contribution is 5.67. The van der Waals surface area contributed by atoms with Crippen molar-refractivity contribution in [3.63, 3.8) is 0 Å². The highest BCUT2D eigenvalue weighted by Gasteiger charge is 2.11. The van der Waals surface area contributed by atoms with Crippen molar-refractivity contribution < 1.29 is 19.2 Å². The number of hydrogen-bond acceptors (Lipinski definition) is 5. The maximum absolute atomic E-state index is 13.2. The number of rotatable bonds is 5. The minimum absolute atomic E-state index is 0.00291. The SMILES string of the molecule is O=C(O)CCNc1ncc([N+](=O)[O-])cc1F. The zero-order valence-corrected chi connectivity index (χ0v) is 8.01. The van der Waals surface area contributed by atoms with Crippen molar-refractivity contribution in [2.45, 2.75) is 6.42 Å². The number of carboxylic acids is 1. The molecule has 7 nitrogen and oxygen atoms in total. The molecule has 86 valence electrons. The number of halogens is 1. The summed E-state index contributed by atoms with van der Waals surface area (Å²) < 4.78 is 13.2. The predicted molar refractivity (Wildman–Crippen MR) is 51.6 cm³/mol. The molecular formula is C8H8FN3O4. The van der Waals surface area contributed by atoms with Gasteiger partial charge >= 0.3 is 5.97 Å². The summed E-state index contributed by atoms with van der Waals surface area (Å²) in [6.45, 7) is -0.00291. The van der Waals surface area contributed by atoms with Gasteiger partial charge in [0.15, 0.2) is 11.6 Å². The third-order valence-corrected chi connectivity index (χ3v) is 1.67. The highest BCUT2D eigenvalue weighted by atomic mass is 19.1. The van der Waals surface area contributed by atoms with Crippen LogP contribution in [0.15, 0.2) is 12.3 Å². The van der Waals surface area contributed by atoms with Gasteiger partial charge in [-0.2, -0.15) is 0 Å². The monoisotopic (exact) mass is 229 g/mol. The Labute approximate surface area is 89.1 Å². The molecule has 0 unspecified atom stereocenters. The van der Waals surface area contributed by atoms with E-state index < -0.39 is 22.4 Å². The Kier molecular flexibility index (Phi) is 3.70. The molecule has 0 aliphatic carbocycles. The van der Waals surface area contributed by atoms with E-state index in [1.54, 1.807) is 0 Å². The van der Waals surface area contributed by atoms with E-state index in [0.717, 1.165) is 12.3 Å². The van der Waals surface area contributed by atoms with Crippen LogP contribution in [0.4, 0.5) is 15.9 Å². The van der Waals surface area contributed by atoms with Gasteiger partial charge in [0.05, 0.1) is 17.4 Å². The molecule has 0 radical (unpaired) electrons. The lowest BCUT2D eigenvalue weighted by molar-refractivity contribution is -0.385. The van der Waals surface area contributed by atoms with Crippen LogP contribution >= 0.6 is 0 Å². The van der Waals surface area contributed by atoms with Crippen LogP contribution in [0.1, 0.15) is 6.42 Å². The number of nitro groups is 1. The molecule has 1 aromatic heterocycles. The summed E-state index contributed by atoms with van der Waals surface area (Å²) in [7, 11) is 0. The summed E-state index contributed by atoms with van der Waals surface area (Å²) in [6, 6.07) is 0.718. The van der Waals surface area contributed by atoms with Gasteiger partial charge in [-0.25, -0.2) is 9.37 Å². The quantitative estimate of drug-likeness (QED) is 0.576. The van der Waals surface area contributed by atoms with Crippen molar-refractivity contribution in [3.05, 3.63) is 28.2 Å². The van der Waals surface area contributed by atoms with Gasteiger partial charge in [-0.05, 0) is 0 Å². The largest absolute Gasteiger partial charge is 0.481 e. The van der Waals surface area contributed by atoms with Gasteiger partial charge in [0.1, 0.15) is 6.20 Å². The molecule has 0 fully saturated rings. The second-order valence-corrected chi connectivity index (χ2v) is 2.85. The normalized spacial score (nSPS) is 9.81. The smallest absolute Gasteiger partial charge is 0.305 e. The van der Waals surface area contributed by atoms with Gasteiger partial charge < -0.3 is 10.4 Å². The second kappa shape index (κ2) is 5.01. The first-order valence-corrected chi connectivity index (χ1v) is 4.26. The number of pyridine rings is 1. The lowest BCUT2D eigenvalue weighted by atomic mass is 10.3. The van der Waals surface area contributed by atoms with Gasteiger partial charge in [0, 0.05) is 6.54 Å². The van der Waals surface area contributed by atoms with Gasteiger partial charge in [-0.15, -0.1) is 0 Å². The third kappa shape index (κ3) is 3.15. The lowest BCUT2D eigenvalue weighted by Gasteiger charge is -2.03.